The molecular formula is C27H30F3N5O3. The van der Waals surface area contributed by atoms with Crippen molar-refractivity contribution < 1.29 is 27.8 Å². The lowest BCUT2D eigenvalue weighted by atomic mass is 10.0. The van der Waals surface area contributed by atoms with Crippen molar-refractivity contribution in [2.75, 3.05) is 26.2 Å². The fourth-order valence-electron chi connectivity index (χ4n) is 5.63. The molecule has 2 aliphatic rings. The van der Waals surface area contributed by atoms with Gasteiger partial charge in [0, 0.05) is 55.7 Å². The summed E-state index contributed by atoms with van der Waals surface area (Å²) in [5.74, 6) is -0.189. The van der Waals surface area contributed by atoms with Crippen molar-refractivity contribution in [3.8, 4) is 28.4 Å². The molecule has 202 valence electrons. The van der Waals surface area contributed by atoms with Crippen LogP contribution in [0, 0.1) is 0 Å². The van der Waals surface area contributed by atoms with Crippen LogP contribution >= 0.6 is 0 Å². The van der Waals surface area contributed by atoms with Crippen LogP contribution in [-0.4, -0.2) is 80.0 Å². The van der Waals surface area contributed by atoms with Gasteiger partial charge in [-0.3, -0.25) is 14.7 Å². The predicted molar refractivity (Wildman–Crippen MR) is 134 cm³/mol. The third kappa shape index (κ3) is 5.39. The summed E-state index contributed by atoms with van der Waals surface area (Å²) < 4.78 is 44.2. The Labute approximate surface area is 218 Å². The first-order valence-corrected chi connectivity index (χ1v) is 12.7. The summed E-state index contributed by atoms with van der Waals surface area (Å²) in [6.45, 7) is 2.27. The highest BCUT2D eigenvalue weighted by Crippen LogP contribution is 2.33. The molecule has 1 aromatic carbocycles. The first-order valence-electron chi connectivity index (χ1n) is 12.7. The van der Waals surface area contributed by atoms with Crippen molar-refractivity contribution in [1.29, 1.82) is 0 Å². The normalized spacial score (nSPS) is 19.2. The van der Waals surface area contributed by atoms with E-state index >= 15 is 0 Å². The van der Waals surface area contributed by atoms with E-state index in [1.807, 2.05) is 4.90 Å². The summed E-state index contributed by atoms with van der Waals surface area (Å²) in [5, 5.41) is 9.71. The van der Waals surface area contributed by atoms with Crippen LogP contribution in [0.5, 0.6) is 5.75 Å². The minimum atomic E-state index is -4.82. The van der Waals surface area contributed by atoms with E-state index in [0.29, 0.717) is 47.5 Å². The molecule has 11 heteroatoms. The Bertz CT molecular complexity index is 1270. The maximum absolute atomic E-state index is 13.9. The zero-order valence-electron chi connectivity index (χ0n) is 21.1. The monoisotopic (exact) mass is 529 g/mol. The fraction of sp³-hybridized carbons (Fsp3) is 0.444. The number of rotatable bonds is 6. The number of likely N-dealkylation sites (tertiary alicyclic amines) is 2. The smallest absolute Gasteiger partial charge is 0.406 e. The lowest BCUT2D eigenvalue weighted by molar-refractivity contribution is -0.274. The molecule has 0 saturated carbocycles. The maximum atomic E-state index is 13.9. The van der Waals surface area contributed by atoms with Gasteiger partial charge >= 0.3 is 6.36 Å². The Hall–Kier alpha value is -3.44. The van der Waals surface area contributed by atoms with E-state index in [1.165, 1.54) is 18.2 Å². The molecule has 2 saturated heterocycles. The highest BCUT2D eigenvalue weighted by Gasteiger charge is 2.35. The molecule has 1 N–H and O–H groups in total. The van der Waals surface area contributed by atoms with E-state index < -0.39 is 6.36 Å². The van der Waals surface area contributed by atoms with Crippen molar-refractivity contribution in [1.82, 2.24) is 24.3 Å². The highest BCUT2D eigenvalue weighted by molar-refractivity contribution is 5.99. The van der Waals surface area contributed by atoms with E-state index in [9.17, 15) is 23.1 Å². The van der Waals surface area contributed by atoms with Gasteiger partial charge in [0.15, 0.2) is 0 Å². The van der Waals surface area contributed by atoms with Gasteiger partial charge < -0.3 is 19.3 Å². The van der Waals surface area contributed by atoms with Crippen LogP contribution in [0.3, 0.4) is 0 Å². The lowest BCUT2D eigenvalue weighted by Gasteiger charge is -2.39. The van der Waals surface area contributed by atoms with Crippen LogP contribution < -0.4 is 4.74 Å². The number of piperidine rings is 1. The first-order chi connectivity index (χ1) is 18.2. The number of benzene rings is 1. The topological polar surface area (TPSA) is 83.7 Å². The average molecular weight is 530 g/mol. The number of carbonyl (C=O) groups is 1. The molecule has 8 nitrogen and oxygen atoms in total. The molecule has 2 aliphatic heterocycles. The number of hydrogen-bond acceptors (Lipinski definition) is 6. The molecule has 0 bridgehead atoms. The number of alkyl halides is 3. The second-order valence-electron chi connectivity index (χ2n) is 9.74. The Morgan fingerprint density at radius 2 is 1.82 bits per heavy atom. The van der Waals surface area contributed by atoms with Gasteiger partial charge in [-0.15, -0.1) is 13.2 Å². The number of aliphatic hydroxyl groups is 1. The number of aromatic nitrogens is 3. The molecule has 0 unspecified atom stereocenters. The van der Waals surface area contributed by atoms with Gasteiger partial charge in [-0.05, 0) is 56.5 Å². The number of pyridine rings is 1. The molecule has 1 amide bonds. The molecule has 5 rings (SSSR count). The zero-order valence-corrected chi connectivity index (χ0v) is 21.1. The van der Waals surface area contributed by atoms with E-state index in [-0.39, 0.29) is 24.3 Å². The largest absolute Gasteiger partial charge is 0.573 e. The van der Waals surface area contributed by atoms with Gasteiger partial charge in [0.25, 0.3) is 5.91 Å². The Kier molecular flexibility index (Phi) is 7.40. The average Bonchev–Trinajstić information content (AvgIpc) is 3.52. The minimum Gasteiger partial charge on any atom is -0.406 e. The molecule has 4 heterocycles. The van der Waals surface area contributed by atoms with Gasteiger partial charge in [-0.25, -0.2) is 4.98 Å². The Morgan fingerprint density at radius 3 is 2.50 bits per heavy atom. The van der Waals surface area contributed by atoms with E-state index in [0.717, 1.165) is 32.2 Å². The molecule has 3 aromatic rings. The van der Waals surface area contributed by atoms with Gasteiger partial charge in [0.1, 0.15) is 23.0 Å². The number of amides is 1. The maximum Gasteiger partial charge on any atom is 0.573 e. The quantitative estimate of drug-likeness (QED) is 0.518. The van der Waals surface area contributed by atoms with E-state index in [2.05, 4.69) is 14.6 Å². The van der Waals surface area contributed by atoms with Crippen molar-refractivity contribution in [2.24, 2.45) is 7.05 Å². The molecule has 1 atom stereocenters. The SMILES string of the molecule is Cn1c(-c2cccc(OC(F)(F)F)c2)nc(-c2ccncc2)c1C(=O)N1CCC(N2CCC[C@H]2CO)CC1. The van der Waals surface area contributed by atoms with Gasteiger partial charge in [0.05, 0.1) is 6.61 Å². The third-order valence-corrected chi connectivity index (χ3v) is 7.43. The number of ether oxygens (including phenoxy) is 1. The molecule has 2 aromatic heterocycles. The molecule has 0 radical (unpaired) electrons. The number of carbonyl (C=O) groups excluding carboxylic acids is 1. The highest BCUT2D eigenvalue weighted by atomic mass is 19.4. The zero-order chi connectivity index (χ0) is 26.9. The standard InChI is InChI=1S/C27H30F3N5O3/c1-33-24(26(37)34-14-9-20(10-15-34)35-13-3-5-21(35)17-36)23(18-7-11-31-12-8-18)32-25(33)19-4-2-6-22(16-19)38-27(28,29)30/h2,4,6-8,11-12,16,20-21,36H,3,5,9-10,13-15,17H2,1H3/t21-/m0/s1. The Morgan fingerprint density at radius 1 is 1.08 bits per heavy atom. The number of nitrogens with zero attached hydrogens (tertiary/aromatic N) is 5. The van der Waals surface area contributed by atoms with Crippen molar-refractivity contribution >= 4 is 5.91 Å². The minimum absolute atomic E-state index is 0.154. The lowest BCUT2D eigenvalue weighted by Crippen LogP contribution is -2.49. The third-order valence-electron chi connectivity index (χ3n) is 7.43. The molecule has 0 spiro atoms. The van der Waals surface area contributed by atoms with Crippen LogP contribution in [0.4, 0.5) is 13.2 Å². The van der Waals surface area contributed by atoms with Crippen molar-refractivity contribution in [2.45, 2.75) is 44.1 Å². The Balaban J connectivity index is 1.44. The van der Waals surface area contributed by atoms with Gasteiger partial charge in [-0.1, -0.05) is 12.1 Å². The summed E-state index contributed by atoms with van der Waals surface area (Å²) >= 11 is 0. The summed E-state index contributed by atoms with van der Waals surface area (Å²) in [6.07, 6.45) is 2.10. The predicted octanol–water partition coefficient (Wildman–Crippen LogP) is 4.11. The number of aliphatic hydroxyl groups excluding tert-OH is 1. The van der Waals surface area contributed by atoms with Crippen LogP contribution in [0.2, 0.25) is 0 Å². The molecular weight excluding hydrogens is 499 g/mol. The first kappa shape index (κ1) is 26.2. The van der Waals surface area contributed by atoms with Crippen LogP contribution in [0.15, 0.2) is 48.8 Å². The molecule has 2 fully saturated rings. The van der Waals surface area contributed by atoms with Crippen molar-refractivity contribution in [3.63, 3.8) is 0 Å². The second-order valence-corrected chi connectivity index (χ2v) is 9.74. The summed E-state index contributed by atoms with van der Waals surface area (Å²) in [6, 6.07) is 9.60. The van der Waals surface area contributed by atoms with Gasteiger partial charge in [-0.2, -0.15) is 0 Å². The van der Waals surface area contributed by atoms with Crippen LogP contribution in [0.25, 0.3) is 22.6 Å². The van der Waals surface area contributed by atoms with Crippen LogP contribution in [0.1, 0.15) is 36.2 Å². The number of halogens is 3. The van der Waals surface area contributed by atoms with Crippen LogP contribution in [-0.2, 0) is 7.05 Å². The molecule has 0 aliphatic carbocycles. The second kappa shape index (κ2) is 10.7. The molecule has 38 heavy (non-hydrogen) atoms. The number of hydrogen-bond donors (Lipinski definition) is 1. The summed E-state index contributed by atoms with van der Waals surface area (Å²) in [7, 11) is 1.69. The summed E-state index contributed by atoms with van der Waals surface area (Å²) in [5.41, 5.74) is 1.89. The van der Waals surface area contributed by atoms with Gasteiger partial charge in [0.2, 0.25) is 0 Å². The number of imidazole rings is 1. The fourth-order valence-corrected chi connectivity index (χ4v) is 5.63. The van der Waals surface area contributed by atoms with E-state index in [1.54, 1.807) is 42.2 Å². The summed E-state index contributed by atoms with van der Waals surface area (Å²) in [4.78, 5) is 26.8. The van der Waals surface area contributed by atoms with E-state index in [4.69, 9.17) is 4.98 Å². The van der Waals surface area contributed by atoms with Crippen molar-refractivity contribution in [3.05, 3.63) is 54.5 Å².